The van der Waals surface area contributed by atoms with E-state index in [1.54, 1.807) is 17.0 Å². The van der Waals surface area contributed by atoms with Gasteiger partial charge in [0.15, 0.2) is 11.5 Å². The van der Waals surface area contributed by atoms with Gasteiger partial charge >= 0.3 is 5.97 Å². The molecule has 0 saturated heterocycles. The summed E-state index contributed by atoms with van der Waals surface area (Å²) in [5.74, 6) is 0.308. The fourth-order valence-electron chi connectivity index (χ4n) is 1.38. The van der Waals surface area contributed by atoms with E-state index in [-0.39, 0.29) is 12.5 Å². The van der Waals surface area contributed by atoms with E-state index in [9.17, 15) is 4.79 Å². The van der Waals surface area contributed by atoms with Gasteiger partial charge in [-0.1, -0.05) is 0 Å². The minimum absolute atomic E-state index is 0.146. The number of fused-ring (bicyclic) bond motifs is 1. The lowest BCUT2D eigenvalue weighted by molar-refractivity contribution is -0.138. The van der Waals surface area contributed by atoms with E-state index in [1.165, 1.54) is 11.7 Å². The Balaban J connectivity index is 2.26. The van der Waals surface area contributed by atoms with E-state index in [0.717, 1.165) is 0 Å². The molecule has 0 aliphatic heterocycles. The number of likely N-dealkylation sites (N-methyl/N-ethyl adjacent to an activating group) is 1. The Morgan fingerprint density at radius 1 is 1.53 bits per heavy atom. The van der Waals surface area contributed by atoms with Gasteiger partial charge in [0.05, 0.1) is 7.11 Å². The van der Waals surface area contributed by atoms with Crippen molar-refractivity contribution in [3.8, 4) is 0 Å². The third-order valence-corrected chi connectivity index (χ3v) is 2.31. The SMILES string of the molecule is CCN(CC(=O)OC)c1ccc2nnnn2n1. The van der Waals surface area contributed by atoms with Crippen molar-refractivity contribution in [2.75, 3.05) is 25.1 Å². The van der Waals surface area contributed by atoms with Crippen LogP contribution in [0.1, 0.15) is 6.92 Å². The first-order valence-corrected chi connectivity index (χ1v) is 5.11. The average Bonchev–Trinajstić information content (AvgIpc) is 2.82. The first-order chi connectivity index (χ1) is 8.24. The molecule has 0 saturated carbocycles. The summed E-state index contributed by atoms with van der Waals surface area (Å²) < 4.78 is 5.94. The van der Waals surface area contributed by atoms with Crippen LogP contribution in [-0.2, 0) is 9.53 Å². The molecule has 0 aliphatic rings. The van der Waals surface area contributed by atoms with Crippen molar-refractivity contribution in [2.45, 2.75) is 6.92 Å². The molecule has 0 aliphatic carbocycles. The Bertz CT molecular complexity index is 525. The first kappa shape index (κ1) is 11.2. The molecule has 0 aromatic carbocycles. The number of aromatic nitrogens is 5. The van der Waals surface area contributed by atoms with Gasteiger partial charge in [-0.05, 0) is 29.5 Å². The van der Waals surface area contributed by atoms with E-state index in [4.69, 9.17) is 0 Å². The molecule has 17 heavy (non-hydrogen) atoms. The number of hydrogen-bond acceptors (Lipinski definition) is 7. The highest BCUT2D eigenvalue weighted by Crippen LogP contribution is 2.09. The molecule has 0 bridgehead atoms. The standard InChI is InChI=1S/C9H12N6O2/c1-3-14(6-9(16)17-2)8-5-4-7-10-12-13-15(7)11-8/h4-5H,3,6H2,1-2H3. The molecular weight excluding hydrogens is 224 g/mol. The average molecular weight is 236 g/mol. The van der Waals surface area contributed by atoms with Gasteiger partial charge in [-0.15, -0.1) is 14.8 Å². The van der Waals surface area contributed by atoms with E-state index in [2.05, 4.69) is 25.4 Å². The van der Waals surface area contributed by atoms with E-state index < -0.39 is 0 Å². The lowest BCUT2D eigenvalue weighted by Gasteiger charge is -2.19. The lowest BCUT2D eigenvalue weighted by Crippen LogP contribution is -2.31. The van der Waals surface area contributed by atoms with Crippen LogP contribution in [0.2, 0.25) is 0 Å². The summed E-state index contributed by atoms with van der Waals surface area (Å²) in [6.45, 7) is 2.71. The van der Waals surface area contributed by atoms with Crippen molar-refractivity contribution in [1.29, 1.82) is 0 Å². The molecule has 0 fully saturated rings. The molecule has 8 heteroatoms. The number of esters is 1. The molecule has 0 amide bonds. The highest BCUT2D eigenvalue weighted by molar-refractivity contribution is 5.75. The van der Waals surface area contributed by atoms with Crippen molar-refractivity contribution in [3.63, 3.8) is 0 Å². The summed E-state index contributed by atoms with van der Waals surface area (Å²) in [6.07, 6.45) is 0. The number of carbonyl (C=O) groups is 1. The molecule has 2 aromatic rings. The third kappa shape index (κ3) is 2.30. The van der Waals surface area contributed by atoms with Crippen LogP contribution in [0.3, 0.4) is 0 Å². The minimum atomic E-state index is -0.314. The van der Waals surface area contributed by atoms with Crippen LogP contribution >= 0.6 is 0 Å². The van der Waals surface area contributed by atoms with Crippen LogP contribution in [0.5, 0.6) is 0 Å². The van der Waals surface area contributed by atoms with Gasteiger partial charge in [-0.2, -0.15) is 0 Å². The number of rotatable bonds is 4. The van der Waals surface area contributed by atoms with Crippen molar-refractivity contribution in [3.05, 3.63) is 12.1 Å². The molecule has 8 nitrogen and oxygen atoms in total. The largest absolute Gasteiger partial charge is 0.468 e. The van der Waals surface area contributed by atoms with Gasteiger partial charge in [0.1, 0.15) is 6.54 Å². The number of tetrazole rings is 1. The molecule has 90 valence electrons. The van der Waals surface area contributed by atoms with E-state index >= 15 is 0 Å². The molecule has 0 unspecified atom stereocenters. The molecule has 0 spiro atoms. The number of ether oxygens (including phenoxy) is 1. The molecular formula is C9H12N6O2. The Morgan fingerprint density at radius 2 is 2.35 bits per heavy atom. The maximum absolute atomic E-state index is 11.2. The number of hydrogen-bond donors (Lipinski definition) is 0. The molecule has 2 aromatic heterocycles. The number of methoxy groups -OCH3 is 1. The number of nitrogens with zero attached hydrogens (tertiary/aromatic N) is 6. The summed E-state index contributed by atoms with van der Waals surface area (Å²) in [5.41, 5.74) is 0.558. The fourth-order valence-corrected chi connectivity index (χ4v) is 1.38. The van der Waals surface area contributed by atoms with E-state index in [0.29, 0.717) is 18.0 Å². The van der Waals surface area contributed by atoms with Crippen molar-refractivity contribution >= 4 is 17.4 Å². The van der Waals surface area contributed by atoms with Crippen molar-refractivity contribution in [1.82, 2.24) is 25.3 Å². The zero-order valence-electron chi connectivity index (χ0n) is 9.57. The Labute approximate surface area is 97.2 Å². The predicted molar refractivity (Wildman–Crippen MR) is 58.5 cm³/mol. The monoisotopic (exact) mass is 236 g/mol. The zero-order chi connectivity index (χ0) is 12.3. The number of anilines is 1. The quantitative estimate of drug-likeness (QED) is 0.662. The van der Waals surface area contributed by atoms with Crippen LogP contribution in [0.4, 0.5) is 5.82 Å². The van der Waals surface area contributed by atoms with Crippen LogP contribution in [0.15, 0.2) is 12.1 Å². The van der Waals surface area contributed by atoms with Crippen LogP contribution in [0, 0.1) is 0 Å². The van der Waals surface area contributed by atoms with Crippen molar-refractivity contribution < 1.29 is 9.53 Å². The Hall–Kier alpha value is -2.25. The van der Waals surface area contributed by atoms with Crippen molar-refractivity contribution in [2.24, 2.45) is 0 Å². The molecule has 2 rings (SSSR count). The summed E-state index contributed by atoms with van der Waals surface area (Å²) in [4.78, 5) is 13.0. The summed E-state index contributed by atoms with van der Waals surface area (Å²) in [6, 6.07) is 3.50. The molecule has 0 N–H and O–H groups in total. The second-order valence-corrected chi connectivity index (χ2v) is 3.31. The molecule has 0 radical (unpaired) electrons. The fraction of sp³-hybridized carbons (Fsp3) is 0.444. The topological polar surface area (TPSA) is 85.5 Å². The van der Waals surface area contributed by atoms with Crippen LogP contribution in [-0.4, -0.2) is 51.4 Å². The van der Waals surface area contributed by atoms with Gasteiger partial charge < -0.3 is 9.64 Å². The smallest absolute Gasteiger partial charge is 0.325 e. The Kier molecular flexibility index (Phi) is 3.12. The predicted octanol–water partition coefficient (Wildman–Crippen LogP) is -0.481. The highest BCUT2D eigenvalue weighted by Gasteiger charge is 2.12. The minimum Gasteiger partial charge on any atom is -0.468 e. The lowest BCUT2D eigenvalue weighted by atomic mass is 10.4. The second kappa shape index (κ2) is 4.73. The van der Waals surface area contributed by atoms with E-state index in [1.807, 2.05) is 6.92 Å². The summed E-state index contributed by atoms with van der Waals surface area (Å²) >= 11 is 0. The van der Waals surface area contributed by atoms with Gasteiger partial charge in [-0.25, -0.2) is 0 Å². The highest BCUT2D eigenvalue weighted by atomic mass is 16.5. The summed E-state index contributed by atoms with van der Waals surface area (Å²) in [7, 11) is 1.36. The van der Waals surface area contributed by atoms with Gasteiger partial charge in [0.2, 0.25) is 0 Å². The number of carbonyl (C=O) groups excluding carboxylic acids is 1. The van der Waals surface area contributed by atoms with Crippen LogP contribution < -0.4 is 4.90 Å². The third-order valence-electron chi connectivity index (χ3n) is 2.31. The second-order valence-electron chi connectivity index (χ2n) is 3.31. The van der Waals surface area contributed by atoms with Crippen LogP contribution in [0.25, 0.3) is 5.65 Å². The van der Waals surface area contributed by atoms with Gasteiger partial charge in [0, 0.05) is 6.54 Å². The summed E-state index contributed by atoms with van der Waals surface area (Å²) in [5, 5.41) is 15.1. The maximum atomic E-state index is 11.2. The first-order valence-electron chi connectivity index (χ1n) is 5.11. The normalized spacial score (nSPS) is 10.5. The van der Waals surface area contributed by atoms with Gasteiger partial charge in [0.25, 0.3) is 0 Å². The van der Waals surface area contributed by atoms with Gasteiger partial charge in [-0.3, -0.25) is 4.79 Å². The molecule has 0 atom stereocenters. The molecule has 2 heterocycles. The Morgan fingerprint density at radius 3 is 3.06 bits per heavy atom. The zero-order valence-corrected chi connectivity index (χ0v) is 9.57. The maximum Gasteiger partial charge on any atom is 0.325 e.